The van der Waals surface area contributed by atoms with Crippen LogP contribution in [0.3, 0.4) is 0 Å². The molecular formula is C33H23BrCl2N4O3S2. The quantitative estimate of drug-likeness (QED) is 0.0982. The van der Waals surface area contributed by atoms with Gasteiger partial charge in [-0.3, -0.25) is 14.4 Å². The maximum atomic E-state index is 13.3. The molecule has 0 bridgehead atoms. The number of aromatic nitrogens is 1. The third kappa shape index (κ3) is 9.29. The Bertz CT molecular complexity index is 1870. The number of carbonyl (C=O) groups excluding carboxylic acids is 3. The molecular weight excluding hydrogens is 715 g/mol. The van der Waals surface area contributed by atoms with Crippen LogP contribution in [-0.4, -0.2) is 28.5 Å². The van der Waals surface area contributed by atoms with Crippen molar-refractivity contribution in [3.63, 3.8) is 0 Å². The molecule has 3 amide bonds. The van der Waals surface area contributed by atoms with Crippen LogP contribution in [0.25, 0.3) is 17.3 Å². The molecule has 5 aromatic rings. The smallest absolute Gasteiger partial charge is 0.272 e. The predicted molar refractivity (Wildman–Crippen MR) is 188 cm³/mol. The molecule has 0 fully saturated rings. The Hall–Kier alpha value is -3.93. The number of nitrogens with one attached hydrogen (secondary N) is 3. The lowest BCUT2D eigenvalue weighted by Crippen LogP contribution is -2.30. The lowest BCUT2D eigenvalue weighted by Gasteiger charge is -2.12. The van der Waals surface area contributed by atoms with Crippen LogP contribution in [0.4, 0.5) is 10.8 Å². The summed E-state index contributed by atoms with van der Waals surface area (Å²) < 4.78 is 0.982. The summed E-state index contributed by atoms with van der Waals surface area (Å²) in [6, 6.07) is 28.2. The number of benzene rings is 4. The Morgan fingerprint density at radius 1 is 0.889 bits per heavy atom. The van der Waals surface area contributed by atoms with Gasteiger partial charge < -0.3 is 16.0 Å². The molecule has 45 heavy (non-hydrogen) atoms. The van der Waals surface area contributed by atoms with Crippen molar-refractivity contribution in [2.75, 3.05) is 16.4 Å². The van der Waals surface area contributed by atoms with Gasteiger partial charge >= 0.3 is 0 Å². The van der Waals surface area contributed by atoms with Gasteiger partial charge in [0.15, 0.2) is 5.13 Å². The van der Waals surface area contributed by atoms with Crippen molar-refractivity contribution in [1.82, 2.24) is 10.3 Å². The van der Waals surface area contributed by atoms with Gasteiger partial charge in [-0.2, -0.15) is 0 Å². The van der Waals surface area contributed by atoms with Crippen LogP contribution in [0, 0.1) is 0 Å². The minimum absolute atomic E-state index is 0.00586. The van der Waals surface area contributed by atoms with E-state index in [0.717, 1.165) is 20.6 Å². The summed E-state index contributed by atoms with van der Waals surface area (Å²) in [6.45, 7) is 0. The Morgan fingerprint density at radius 3 is 2.33 bits per heavy atom. The number of rotatable bonds is 10. The van der Waals surface area contributed by atoms with E-state index in [4.69, 9.17) is 23.2 Å². The lowest BCUT2D eigenvalue weighted by molar-refractivity contribution is -0.114. The first-order valence-corrected chi connectivity index (χ1v) is 16.7. The van der Waals surface area contributed by atoms with Gasteiger partial charge in [-0.05, 0) is 72.3 Å². The first-order valence-electron chi connectivity index (χ1n) is 13.3. The molecule has 0 aliphatic carbocycles. The maximum Gasteiger partial charge on any atom is 0.272 e. The summed E-state index contributed by atoms with van der Waals surface area (Å²) in [5.41, 5.74) is 3.15. The Labute approximate surface area is 286 Å². The van der Waals surface area contributed by atoms with Gasteiger partial charge in [0.25, 0.3) is 11.8 Å². The molecule has 226 valence electrons. The van der Waals surface area contributed by atoms with Gasteiger partial charge in [0.1, 0.15) is 5.70 Å². The van der Waals surface area contributed by atoms with Crippen LogP contribution in [0.15, 0.2) is 118 Å². The zero-order chi connectivity index (χ0) is 31.8. The van der Waals surface area contributed by atoms with Crippen LogP contribution in [0.5, 0.6) is 0 Å². The fraction of sp³-hybridized carbons (Fsp3) is 0.0303. The minimum atomic E-state index is -0.545. The monoisotopic (exact) mass is 736 g/mol. The number of thioether (sulfide) groups is 1. The van der Waals surface area contributed by atoms with E-state index in [-0.39, 0.29) is 17.4 Å². The van der Waals surface area contributed by atoms with Gasteiger partial charge in [0, 0.05) is 41.6 Å². The minimum Gasteiger partial charge on any atom is -0.321 e. The number of nitrogens with zero attached hydrogens (tertiary/aromatic N) is 1. The van der Waals surface area contributed by atoms with Crippen LogP contribution in [0.2, 0.25) is 10.0 Å². The molecule has 0 radical (unpaired) electrons. The Balaban J connectivity index is 1.20. The van der Waals surface area contributed by atoms with Crippen molar-refractivity contribution in [2.45, 2.75) is 4.90 Å². The average Bonchev–Trinajstić information content (AvgIpc) is 3.50. The highest BCUT2D eigenvalue weighted by Gasteiger charge is 2.16. The highest BCUT2D eigenvalue weighted by molar-refractivity contribution is 9.10. The van der Waals surface area contributed by atoms with Crippen molar-refractivity contribution < 1.29 is 14.4 Å². The summed E-state index contributed by atoms with van der Waals surface area (Å²) in [4.78, 5) is 44.1. The molecule has 1 aromatic heterocycles. The third-order valence-corrected chi connectivity index (χ3v) is 9.02. The number of carbonyl (C=O) groups is 3. The third-order valence-electron chi connectivity index (χ3n) is 6.16. The molecule has 0 spiro atoms. The summed E-state index contributed by atoms with van der Waals surface area (Å²) >= 11 is 18.5. The largest absolute Gasteiger partial charge is 0.321 e. The van der Waals surface area contributed by atoms with Crippen molar-refractivity contribution >= 4 is 96.8 Å². The SMILES string of the molecule is O=C(CSc1ccc(NC(=O)/C(=C/c2ccc(Cl)cc2Cl)NC(=O)c2ccccc2)cc1)Nc1nc(-c2ccc(Br)cc2)cs1. The summed E-state index contributed by atoms with van der Waals surface area (Å²) in [5, 5.41) is 11.5. The van der Waals surface area contributed by atoms with Gasteiger partial charge in [0.05, 0.1) is 11.4 Å². The molecule has 3 N–H and O–H groups in total. The predicted octanol–water partition coefficient (Wildman–Crippen LogP) is 9.02. The molecule has 12 heteroatoms. The van der Waals surface area contributed by atoms with Crippen molar-refractivity contribution in [3.05, 3.63) is 134 Å². The Kier molecular flexibility index (Phi) is 11.1. The Morgan fingerprint density at radius 2 is 1.62 bits per heavy atom. The molecule has 1 heterocycles. The molecule has 0 saturated heterocycles. The van der Waals surface area contributed by atoms with Crippen molar-refractivity contribution in [3.8, 4) is 11.3 Å². The number of thiazole rings is 1. The van der Waals surface area contributed by atoms with Crippen molar-refractivity contribution in [2.24, 2.45) is 0 Å². The van der Waals surface area contributed by atoms with Crippen LogP contribution >= 0.6 is 62.2 Å². The molecule has 0 saturated carbocycles. The standard InChI is InChI=1S/C33H23BrCl2N4O3S2/c34-23-9-6-20(7-10-23)29-18-45-33(39-29)40-30(41)19-44-26-14-12-25(13-15-26)37-32(43)28(16-22-8-11-24(35)17-27(22)36)38-31(42)21-4-2-1-3-5-21/h1-18H,19H2,(H,37,43)(H,38,42)(H,39,40,41)/b28-16-. The fourth-order valence-corrected chi connectivity index (χ4v) is 6.10. The van der Waals surface area contributed by atoms with E-state index in [0.29, 0.717) is 32.0 Å². The van der Waals surface area contributed by atoms with Crippen LogP contribution < -0.4 is 16.0 Å². The average molecular weight is 739 g/mol. The first kappa shape index (κ1) is 32.5. The molecule has 5 rings (SSSR count). The van der Waals surface area contributed by atoms with Crippen LogP contribution in [-0.2, 0) is 9.59 Å². The van der Waals surface area contributed by atoms with E-state index in [2.05, 4.69) is 36.9 Å². The number of hydrogen-bond acceptors (Lipinski definition) is 6. The number of halogens is 3. The summed E-state index contributed by atoms with van der Waals surface area (Å²) in [6.07, 6.45) is 1.49. The zero-order valence-electron chi connectivity index (χ0n) is 23.2. The number of hydrogen-bond donors (Lipinski definition) is 3. The maximum absolute atomic E-state index is 13.3. The topological polar surface area (TPSA) is 100 Å². The highest BCUT2D eigenvalue weighted by atomic mass is 79.9. The zero-order valence-corrected chi connectivity index (χ0v) is 28.0. The molecule has 4 aromatic carbocycles. The lowest BCUT2D eigenvalue weighted by atomic mass is 10.1. The molecule has 0 aliphatic heterocycles. The molecule has 0 atom stereocenters. The highest BCUT2D eigenvalue weighted by Crippen LogP contribution is 2.27. The second-order valence-electron chi connectivity index (χ2n) is 9.40. The van der Waals surface area contributed by atoms with E-state index in [1.165, 1.54) is 29.2 Å². The van der Waals surface area contributed by atoms with Gasteiger partial charge in [-0.25, -0.2) is 4.98 Å². The number of amides is 3. The van der Waals surface area contributed by atoms with E-state index < -0.39 is 11.8 Å². The van der Waals surface area contributed by atoms with Crippen molar-refractivity contribution in [1.29, 1.82) is 0 Å². The van der Waals surface area contributed by atoms with Gasteiger partial charge in [-0.15, -0.1) is 23.1 Å². The second kappa shape index (κ2) is 15.4. The van der Waals surface area contributed by atoms with Crippen LogP contribution in [0.1, 0.15) is 15.9 Å². The summed E-state index contributed by atoms with van der Waals surface area (Å²) in [5.74, 6) is -0.997. The van der Waals surface area contributed by atoms with E-state index >= 15 is 0 Å². The van der Waals surface area contributed by atoms with E-state index in [1.54, 1.807) is 72.8 Å². The van der Waals surface area contributed by atoms with E-state index in [1.807, 2.05) is 29.6 Å². The molecule has 7 nitrogen and oxygen atoms in total. The molecule has 0 unspecified atom stereocenters. The molecule has 0 aliphatic rings. The first-order chi connectivity index (χ1) is 21.7. The fourth-order valence-electron chi connectivity index (χ4n) is 3.94. The number of anilines is 2. The normalized spacial score (nSPS) is 11.1. The van der Waals surface area contributed by atoms with Gasteiger partial charge in [-0.1, -0.05) is 75.5 Å². The summed E-state index contributed by atoms with van der Waals surface area (Å²) in [7, 11) is 0. The second-order valence-corrected chi connectivity index (χ2v) is 13.1. The van der Waals surface area contributed by atoms with E-state index in [9.17, 15) is 14.4 Å². The van der Waals surface area contributed by atoms with Gasteiger partial charge in [0.2, 0.25) is 5.91 Å².